The van der Waals surface area contributed by atoms with Gasteiger partial charge in [-0.05, 0) is 19.8 Å². The predicted molar refractivity (Wildman–Crippen MR) is 61.7 cm³/mol. The molecule has 0 aliphatic carbocycles. The first-order valence-corrected chi connectivity index (χ1v) is 5.79. The molecule has 2 N–H and O–H groups in total. The summed E-state index contributed by atoms with van der Waals surface area (Å²) < 4.78 is 10.3. The highest BCUT2D eigenvalue weighted by molar-refractivity contribution is 5.91. The molecule has 94 valence electrons. The number of hydrogen-bond donors (Lipinski definition) is 2. The van der Waals surface area contributed by atoms with Crippen LogP contribution in [0.25, 0.3) is 0 Å². The summed E-state index contributed by atoms with van der Waals surface area (Å²) in [5, 5.41) is 9.38. The average Bonchev–Trinajstić information content (AvgIpc) is 2.90. The van der Waals surface area contributed by atoms with Crippen LogP contribution in [0.15, 0.2) is 10.6 Å². The molecule has 1 fully saturated rings. The van der Waals surface area contributed by atoms with Gasteiger partial charge in [0.1, 0.15) is 5.76 Å². The topological polar surface area (TPSA) is 76.4 Å². The minimum absolute atomic E-state index is 0.128. The molecule has 2 heterocycles. The fraction of sp³-hybridized carbons (Fsp3) is 0.636. The summed E-state index contributed by atoms with van der Waals surface area (Å²) >= 11 is 0. The summed E-state index contributed by atoms with van der Waals surface area (Å²) in [7, 11) is 0. The van der Waals surface area contributed by atoms with E-state index in [1.807, 2.05) is 0 Å². The first-order valence-electron chi connectivity index (χ1n) is 5.79. The monoisotopic (exact) mass is 239 g/mol. The van der Waals surface area contributed by atoms with E-state index < -0.39 is 0 Å². The smallest absolute Gasteiger partial charge is 0.239 e. The summed E-state index contributed by atoms with van der Waals surface area (Å²) in [6.07, 6.45) is 2.42. The van der Waals surface area contributed by atoms with Crippen molar-refractivity contribution < 1.29 is 14.1 Å². The van der Waals surface area contributed by atoms with E-state index in [0.29, 0.717) is 18.1 Å². The van der Waals surface area contributed by atoms with Gasteiger partial charge in [0.05, 0.1) is 12.6 Å². The molecule has 1 saturated heterocycles. The zero-order chi connectivity index (χ0) is 12.1. The van der Waals surface area contributed by atoms with Gasteiger partial charge in [-0.3, -0.25) is 4.79 Å². The SMILES string of the molecule is Cc1cc(NC(=O)CNC[C@@H]2CCCO2)no1. The molecule has 0 saturated carbocycles. The molecule has 1 amide bonds. The molecular weight excluding hydrogens is 222 g/mol. The molecular formula is C11H17N3O3. The second-order valence-corrected chi connectivity index (χ2v) is 4.14. The third-order valence-corrected chi connectivity index (χ3v) is 2.58. The molecule has 0 radical (unpaired) electrons. The van der Waals surface area contributed by atoms with Gasteiger partial charge in [-0.25, -0.2) is 0 Å². The maximum absolute atomic E-state index is 11.5. The van der Waals surface area contributed by atoms with Crippen LogP contribution in [0.5, 0.6) is 0 Å². The normalized spacial score (nSPS) is 19.5. The Morgan fingerprint density at radius 3 is 3.18 bits per heavy atom. The van der Waals surface area contributed by atoms with E-state index >= 15 is 0 Å². The van der Waals surface area contributed by atoms with Crippen LogP contribution in [0.1, 0.15) is 18.6 Å². The fourth-order valence-corrected chi connectivity index (χ4v) is 1.76. The standard InChI is InChI=1S/C11H17N3O3/c1-8-5-10(14-17-8)13-11(15)7-12-6-9-3-2-4-16-9/h5,9,12H,2-4,6-7H2,1H3,(H,13,14,15)/t9-/m0/s1. The summed E-state index contributed by atoms with van der Waals surface area (Å²) in [5.41, 5.74) is 0. The molecule has 1 aromatic rings. The molecule has 1 aliphatic rings. The number of hydrogen-bond acceptors (Lipinski definition) is 5. The summed E-state index contributed by atoms with van der Waals surface area (Å²) in [6, 6.07) is 1.68. The van der Waals surface area contributed by atoms with Crippen LogP contribution >= 0.6 is 0 Å². The van der Waals surface area contributed by atoms with E-state index in [2.05, 4.69) is 15.8 Å². The number of amides is 1. The van der Waals surface area contributed by atoms with Crippen molar-refractivity contribution >= 4 is 11.7 Å². The third kappa shape index (κ3) is 3.83. The van der Waals surface area contributed by atoms with Crippen molar-refractivity contribution in [2.24, 2.45) is 0 Å². The minimum atomic E-state index is -0.128. The van der Waals surface area contributed by atoms with Gasteiger partial charge in [0, 0.05) is 19.2 Å². The minimum Gasteiger partial charge on any atom is -0.377 e. The Labute approximate surface area is 99.7 Å². The number of ether oxygens (including phenoxy) is 1. The Balaban J connectivity index is 1.63. The maximum atomic E-state index is 11.5. The molecule has 2 rings (SSSR count). The highest BCUT2D eigenvalue weighted by atomic mass is 16.5. The number of nitrogens with one attached hydrogen (secondary N) is 2. The molecule has 0 aromatic carbocycles. The number of anilines is 1. The van der Waals surface area contributed by atoms with Crippen LogP contribution in [0.3, 0.4) is 0 Å². The average molecular weight is 239 g/mol. The Bertz CT molecular complexity index is 372. The Hall–Kier alpha value is -1.40. The molecule has 17 heavy (non-hydrogen) atoms. The lowest BCUT2D eigenvalue weighted by Gasteiger charge is -2.09. The van der Waals surface area contributed by atoms with Crippen molar-refractivity contribution in [3.63, 3.8) is 0 Å². The lowest BCUT2D eigenvalue weighted by atomic mass is 10.2. The van der Waals surface area contributed by atoms with Crippen molar-refractivity contribution in [1.82, 2.24) is 10.5 Å². The summed E-state index contributed by atoms with van der Waals surface area (Å²) in [4.78, 5) is 11.5. The van der Waals surface area contributed by atoms with Crippen molar-refractivity contribution in [3.8, 4) is 0 Å². The van der Waals surface area contributed by atoms with E-state index in [9.17, 15) is 4.79 Å². The number of carbonyl (C=O) groups excluding carboxylic acids is 1. The highest BCUT2D eigenvalue weighted by Gasteiger charge is 2.15. The van der Waals surface area contributed by atoms with Gasteiger partial charge < -0.3 is 19.9 Å². The van der Waals surface area contributed by atoms with Crippen molar-refractivity contribution in [2.45, 2.75) is 25.9 Å². The van der Waals surface area contributed by atoms with E-state index in [1.54, 1.807) is 13.0 Å². The van der Waals surface area contributed by atoms with Gasteiger partial charge in [-0.15, -0.1) is 0 Å². The molecule has 6 heteroatoms. The quantitative estimate of drug-likeness (QED) is 0.790. The van der Waals surface area contributed by atoms with Gasteiger partial charge in [0.25, 0.3) is 0 Å². The molecule has 0 unspecified atom stereocenters. The summed E-state index contributed by atoms with van der Waals surface area (Å²) in [5.74, 6) is 0.996. The van der Waals surface area contributed by atoms with Crippen LogP contribution in [-0.2, 0) is 9.53 Å². The largest absolute Gasteiger partial charge is 0.377 e. The third-order valence-electron chi connectivity index (χ3n) is 2.58. The van der Waals surface area contributed by atoms with Crippen molar-refractivity contribution in [2.75, 3.05) is 25.0 Å². The first-order chi connectivity index (χ1) is 8.24. The van der Waals surface area contributed by atoms with Crippen LogP contribution in [-0.4, -0.2) is 36.9 Å². The van der Waals surface area contributed by atoms with Crippen molar-refractivity contribution in [1.29, 1.82) is 0 Å². The van der Waals surface area contributed by atoms with Crippen molar-refractivity contribution in [3.05, 3.63) is 11.8 Å². The number of aromatic nitrogens is 1. The van der Waals surface area contributed by atoms with E-state index in [0.717, 1.165) is 19.4 Å². The molecule has 0 bridgehead atoms. The highest BCUT2D eigenvalue weighted by Crippen LogP contribution is 2.10. The Morgan fingerprint density at radius 2 is 2.53 bits per heavy atom. The molecule has 1 aliphatic heterocycles. The lowest BCUT2D eigenvalue weighted by Crippen LogP contribution is -2.33. The van der Waals surface area contributed by atoms with Gasteiger partial charge in [0.2, 0.25) is 5.91 Å². The van der Waals surface area contributed by atoms with Crippen LogP contribution in [0.2, 0.25) is 0 Å². The fourth-order valence-electron chi connectivity index (χ4n) is 1.76. The zero-order valence-electron chi connectivity index (χ0n) is 9.86. The first kappa shape index (κ1) is 12.1. The van der Waals surface area contributed by atoms with E-state index in [4.69, 9.17) is 9.26 Å². The Kier molecular flexibility index (Phi) is 4.11. The molecule has 0 spiro atoms. The summed E-state index contributed by atoms with van der Waals surface area (Å²) in [6.45, 7) is 3.58. The van der Waals surface area contributed by atoms with E-state index in [1.165, 1.54) is 0 Å². The van der Waals surface area contributed by atoms with Gasteiger partial charge in [0.15, 0.2) is 5.82 Å². The predicted octanol–water partition coefficient (Wildman–Crippen LogP) is 0.690. The molecule has 6 nitrogen and oxygen atoms in total. The lowest BCUT2D eigenvalue weighted by molar-refractivity contribution is -0.115. The molecule has 1 aromatic heterocycles. The van der Waals surface area contributed by atoms with Crippen LogP contribution in [0, 0.1) is 6.92 Å². The zero-order valence-corrected chi connectivity index (χ0v) is 9.86. The molecule has 1 atom stereocenters. The number of nitrogens with zero attached hydrogens (tertiary/aromatic N) is 1. The van der Waals surface area contributed by atoms with Gasteiger partial charge in [-0.1, -0.05) is 5.16 Å². The second kappa shape index (κ2) is 5.79. The number of aryl methyl sites for hydroxylation is 1. The van der Waals surface area contributed by atoms with E-state index in [-0.39, 0.29) is 18.6 Å². The number of rotatable bonds is 5. The number of carbonyl (C=O) groups is 1. The van der Waals surface area contributed by atoms with Gasteiger partial charge >= 0.3 is 0 Å². The Morgan fingerprint density at radius 1 is 1.65 bits per heavy atom. The van der Waals surface area contributed by atoms with Gasteiger partial charge in [-0.2, -0.15) is 0 Å². The second-order valence-electron chi connectivity index (χ2n) is 4.14. The van der Waals surface area contributed by atoms with Crippen LogP contribution in [0.4, 0.5) is 5.82 Å². The maximum Gasteiger partial charge on any atom is 0.239 e. The van der Waals surface area contributed by atoms with Crippen LogP contribution < -0.4 is 10.6 Å².